The van der Waals surface area contributed by atoms with E-state index in [1.807, 2.05) is 31.2 Å². The number of Topliss-reactive ketones (excluding diaryl/α,β-unsaturated/α-hetero) is 1. The predicted octanol–water partition coefficient (Wildman–Crippen LogP) is 4.25. The Labute approximate surface area is 225 Å². The van der Waals surface area contributed by atoms with Crippen LogP contribution in [0.3, 0.4) is 0 Å². The topological polar surface area (TPSA) is 85.5 Å². The molecule has 0 spiro atoms. The van der Waals surface area contributed by atoms with Gasteiger partial charge in [0.15, 0.2) is 5.78 Å². The number of anilines is 2. The van der Waals surface area contributed by atoms with Crippen LogP contribution < -0.4 is 20.2 Å². The third-order valence-electron chi connectivity index (χ3n) is 6.86. The molecular formula is C28H29ClN6O3. The molecular weight excluding hydrogens is 504 g/mol. The fourth-order valence-electron chi connectivity index (χ4n) is 4.68. The van der Waals surface area contributed by atoms with Gasteiger partial charge in [-0.05, 0) is 67.1 Å². The molecule has 0 aliphatic carbocycles. The summed E-state index contributed by atoms with van der Waals surface area (Å²) in [6.45, 7) is 5.28. The highest BCUT2D eigenvalue weighted by atomic mass is 35.5. The molecule has 2 aromatic heterocycles. The summed E-state index contributed by atoms with van der Waals surface area (Å²) in [7, 11) is 1.67. The normalized spacial score (nSPS) is 14.4. The molecule has 1 saturated heterocycles. The van der Waals surface area contributed by atoms with E-state index in [0.29, 0.717) is 22.7 Å². The lowest BCUT2D eigenvalue weighted by Crippen LogP contribution is -2.46. The van der Waals surface area contributed by atoms with E-state index in [1.165, 1.54) is 21.3 Å². The Hall–Kier alpha value is -4.11. The van der Waals surface area contributed by atoms with Crippen molar-refractivity contribution in [2.45, 2.75) is 19.4 Å². The molecule has 196 valence electrons. The van der Waals surface area contributed by atoms with Gasteiger partial charge < -0.3 is 14.5 Å². The van der Waals surface area contributed by atoms with Crippen molar-refractivity contribution >= 4 is 28.9 Å². The van der Waals surface area contributed by atoms with Crippen molar-refractivity contribution in [2.75, 3.05) is 43.1 Å². The van der Waals surface area contributed by atoms with Gasteiger partial charge in [-0.15, -0.1) is 0 Å². The predicted molar refractivity (Wildman–Crippen MR) is 148 cm³/mol. The van der Waals surface area contributed by atoms with Crippen LogP contribution in [0.2, 0.25) is 5.02 Å². The third kappa shape index (κ3) is 5.15. The molecule has 0 saturated carbocycles. The number of nitrogens with zero attached hydrogens (tertiary/aromatic N) is 6. The molecule has 0 radical (unpaired) electrons. The smallest absolute Gasteiger partial charge is 0.351 e. The van der Waals surface area contributed by atoms with E-state index in [1.54, 1.807) is 37.6 Å². The first-order valence-electron chi connectivity index (χ1n) is 12.5. The van der Waals surface area contributed by atoms with Gasteiger partial charge in [0.1, 0.15) is 23.9 Å². The lowest BCUT2D eigenvalue weighted by Gasteiger charge is -2.36. The first-order chi connectivity index (χ1) is 18.5. The molecule has 0 N–H and O–H groups in total. The number of aromatic nitrogens is 4. The number of benzene rings is 2. The van der Waals surface area contributed by atoms with Crippen LogP contribution in [0.1, 0.15) is 29.7 Å². The van der Waals surface area contributed by atoms with E-state index in [4.69, 9.17) is 16.3 Å². The maximum Gasteiger partial charge on any atom is 0.351 e. The van der Waals surface area contributed by atoms with Crippen LogP contribution in [-0.4, -0.2) is 58.4 Å². The molecule has 1 aliphatic rings. The summed E-state index contributed by atoms with van der Waals surface area (Å²) in [5.74, 6) is 1.52. The summed E-state index contributed by atoms with van der Waals surface area (Å²) in [6, 6.07) is 17.8. The summed E-state index contributed by atoms with van der Waals surface area (Å²) in [5.41, 5.74) is 1.86. The number of methoxy groups -OCH3 is 1. The van der Waals surface area contributed by atoms with E-state index in [9.17, 15) is 9.59 Å². The molecule has 1 fully saturated rings. The zero-order valence-corrected chi connectivity index (χ0v) is 22.1. The Morgan fingerprint density at radius 2 is 1.61 bits per heavy atom. The van der Waals surface area contributed by atoms with Gasteiger partial charge in [0.2, 0.25) is 0 Å². The van der Waals surface area contributed by atoms with Crippen LogP contribution in [0.25, 0.3) is 5.69 Å². The lowest BCUT2D eigenvalue weighted by molar-refractivity contribution is 0.0911. The average Bonchev–Trinajstić information content (AvgIpc) is 3.34. The van der Waals surface area contributed by atoms with Crippen LogP contribution in [0.4, 0.5) is 11.5 Å². The number of hydrogen-bond donors (Lipinski definition) is 0. The Kier molecular flexibility index (Phi) is 7.46. The van der Waals surface area contributed by atoms with Crippen molar-refractivity contribution in [3.05, 3.63) is 94.3 Å². The van der Waals surface area contributed by atoms with Crippen molar-refractivity contribution in [3.63, 3.8) is 0 Å². The molecule has 1 aliphatic heterocycles. The van der Waals surface area contributed by atoms with Gasteiger partial charge in [-0.2, -0.15) is 5.10 Å². The summed E-state index contributed by atoms with van der Waals surface area (Å²) in [5, 5.41) is 4.80. The summed E-state index contributed by atoms with van der Waals surface area (Å²) in [6.07, 6.45) is 3.53. The van der Waals surface area contributed by atoms with Crippen molar-refractivity contribution < 1.29 is 9.53 Å². The van der Waals surface area contributed by atoms with Crippen LogP contribution in [-0.2, 0) is 0 Å². The molecule has 1 unspecified atom stereocenters. The van der Waals surface area contributed by atoms with E-state index in [2.05, 4.69) is 32.0 Å². The highest BCUT2D eigenvalue weighted by Crippen LogP contribution is 2.23. The minimum Gasteiger partial charge on any atom is -0.497 e. The second-order valence-corrected chi connectivity index (χ2v) is 9.51. The Balaban J connectivity index is 1.27. The van der Waals surface area contributed by atoms with Gasteiger partial charge in [-0.25, -0.2) is 19.0 Å². The molecule has 2 aromatic carbocycles. The zero-order valence-electron chi connectivity index (χ0n) is 21.3. The maximum absolute atomic E-state index is 13.2. The number of ketones is 1. The van der Waals surface area contributed by atoms with Crippen LogP contribution in [0, 0.1) is 0 Å². The van der Waals surface area contributed by atoms with Gasteiger partial charge in [0.25, 0.3) is 0 Å². The fraction of sp³-hybridized carbons (Fsp3) is 0.286. The molecule has 1 atom stereocenters. The fourth-order valence-corrected chi connectivity index (χ4v) is 4.80. The third-order valence-corrected chi connectivity index (χ3v) is 7.11. The highest BCUT2D eigenvalue weighted by molar-refractivity contribution is 6.30. The number of ether oxygens (including phenoxy) is 1. The minimum absolute atomic E-state index is 0.182. The molecule has 3 heterocycles. The second-order valence-electron chi connectivity index (χ2n) is 9.07. The molecule has 10 heteroatoms. The molecule has 4 aromatic rings. The molecule has 38 heavy (non-hydrogen) atoms. The van der Waals surface area contributed by atoms with Crippen molar-refractivity contribution in [2.24, 2.45) is 0 Å². The SMILES string of the molecule is CCC(C(=O)c1ccc(Cl)cc1)n1ncn(-c2ccc(N3CCN(c4ccc(OC)cc4)CC3)nc2)c1=O. The lowest BCUT2D eigenvalue weighted by atomic mass is 10.0. The Morgan fingerprint density at radius 1 is 0.947 bits per heavy atom. The van der Waals surface area contributed by atoms with Crippen LogP contribution in [0.15, 0.2) is 78.0 Å². The zero-order chi connectivity index (χ0) is 26.6. The van der Waals surface area contributed by atoms with Crippen molar-refractivity contribution in [3.8, 4) is 11.4 Å². The number of carbonyl (C=O) groups is 1. The summed E-state index contributed by atoms with van der Waals surface area (Å²) in [4.78, 5) is 35.5. The standard InChI is InChI=1S/C28H29ClN6O3/c1-3-25(27(36)20-4-6-21(29)7-5-20)35-28(37)34(19-31-35)23-10-13-26(30-18-23)33-16-14-32(15-17-33)22-8-11-24(38-2)12-9-22/h4-13,18-19,25H,3,14-17H2,1-2H3. The first-order valence-corrected chi connectivity index (χ1v) is 12.9. The Morgan fingerprint density at radius 3 is 2.21 bits per heavy atom. The number of hydrogen-bond acceptors (Lipinski definition) is 7. The van der Waals surface area contributed by atoms with E-state index < -0.39 is 6.04 Å². The van der Waals surface area contributed by atoms with Gasteiger partial charge in [0, 0.05) is 42.5 Å². The number of pyridine rings is 1. The number of halogens is 1. The molecule has 0 bridgehead atoms. The Bertz CT molecular complexity index is 1440. The quantitative estimate of drug-likeness (QED) is 0.314. The average molecular weight is 533 g/mol. The van der Waals surface area contributed by atoms with Crippen LogP contribution >= 0.6 is 11.6 Å². The number of rotatable bonds is 8. The second kappa shape index (κ2) is 11.1. The van der Waals surface area contributed by atoms with Crippen LogP contribution in [0.5, 0.6) is 5.75 Å². The highest BCUT2D eigenvalue weighted by Gasteiger charge is 2.24. The van der Waals surface area contributed by atoms with E-state index >= 15 is 0 Å². The molecule has 9 nitrogen and oxygen atoms in total. The van der Waals surface area contributed by atoms with E-state index in [0.717, 1.165) is 37.7 Å². The van der Waals surface area contributed by atoms with Gasteiger partial charge in [-0.1, -0.05) is 18.5 Å². The molecule has 0 amide bonds. The molecule has 5 rings (SSSR count). The van der Waals surface area contributed by atoms with Gasteiger partial charge in [-0.3, -0.25) is 4.79 Å². The van der Waals surface area contributed by atoms with Crippen molar-refractivity contribution in [1.82, 2.24) is 19.3 Å². The van der Waals surface area contributed by atoms with Crippen molar-refractivity contribution in [1.29, 1.82) is 0 Å². The number of piperazine rings is 1. The summed E-state index contributed by atoms with van der Waals surface area (Å²) < 4.78 is 7.90. The maximum atomic E-state index is 13.2. The summed E-state index contributed by atoms with van der Waals surface area (Å²) >= 11 is 5.95. The van der Waals surface area contributed by atoms with E-state index in [-0.39, 0.29) is 11.5 Å². The van der Waals surface area contributed by atoms with Gasteiger partial charge in [0.05, 0.1) is 19.0 Å². The minimum atomic E-state index is -0.709. The monoisotopic (exact) mass is 532 g/mol. The first kappa shape index (κ1) is 25.5. The largest absolute Gasteiger partial charge is 0.497 e. The number of carbonyl (C=O) groups excluding carboxylic acids is 1. The van der Waals surface area contributed by atoms with Gasteiger partial charge >= 0.3 is 5.69 Å².